The second-order valence-corrected chi connectivity index (χ2v) is 8.13. The van der Waals surface area contributed by atoms with Gasteiger partial charge in [-0.15, -0.1) is 0 Å². The highest BCUT2D eigenvalue weighted by Crippen LogP contribution is 2.17. The summed E-state index contributed by atoms with van der Waals surface area (Å²) in [5.74, 6) is -2.47. The average molecular weight is 397 g/mol. The van der Waals surface area contributed by atoms with Crippen LogP contribution in [-0.2, 0) is 20.8 Å². The molecule has 0 saturated heterocycles. The summed E-state index contributed by atoms with van der Waals surface area (Å²) in [7, 11) is 0. The molecule has 2 amide bonds. The molecule has 158 valence electrons. The lowest BCUT2D eigenvalue weighted by molar-refractivity contribution is -0.140. The molecule has 1 aromatic heterocycles. The first-order valence-corrected chi connectivity index (χ1v) is 8.85. The van der Waals surface area contributed by atoms with Crippen LogP contribution in [0.25, 0.3) is 0 Å². The minimum Gasteiger partial charge on any atom is -0.480 e. The maximum Gasteiger partial charge on any atom is 0.321 e. The fraction of sp³-hybridized carbons (Fsp3) is 0.647. The zero-order valence-electron chi connectivity index (χ0n) is 16.7. The lowest BCUT2D eigenvalue weighted by atomic mass is 9.82. The van der Waals surface area contributed by atoms with E-state index in [4.69, 9.17) is 22.3 Å². The summed E-state index contributed by atoms with van der Waals surface area (Å²) in [5, 5.41) is 14.2. The average Bonchev–Trinajstić information content (AvgIpc) is 3.02. The first-order valence-electron chi connectivity index (χ1n) is 8.85. The molecule has 0 bridgehead atoms. The molecule has 1 rings (SSSR count). The minimum absolute atomic E-state index is 0.114. The van der Waals surface area contributed by atoms with E-state index in [9.17, 15) is 14.4 Å². The van der Waals surface area contributed by atoms with Gasteiger partial charge in [0.25, 0.3) is 0 Å². The van der Waals surface area contributed by atoms with Crippen molar-refractivity contribution in [2.24, 2.45) is 17.2 Å². The Labute approximate surface area is 163 Å². The van der Waals surface area contributed by atoms with Gasteiger partial charge < -0.3 is 37.9 Å². The molecule has 11 heteroatoms. The molecule has 0 aliphatic carbocycles. The SMILES string of the molecule is CC(C)(N)C(NC(=O)C(Cc1cnc[nH]1)NC(=O)CC(N)C(=O)O)C(C)(C)N. The standard InChI is InChI=1S/C17H31N7O4/c1-16(2,19)15(17(3,4)20)24-13(26)11(5-9-7-21-8-22-9)23-12(25)6-10(18)14(27)28/h7-8,10-11,15H,5-6,18-20H2,1-4H3,(H,21,22)(H,23,25)(H,24,26)(H,27,28). The summed E-state index contributed by atoms with van der Waals surface area (Å²) in [6.07, 6.45) is 2.62. The van der Waals surface area contributed by atoms with Crippen LogP contribution in [0.5, 0.6) is 0 Å². The van der Waals surface area contributed by atoms with Gasteiger partial charge in [0.2, 0.25) is 11.8 Å². The molecular formula is C17H31N7O4. The van der Waals surface area contributed by atoms with Crippen LogP contribution in [0.1, 0.15) is 39.8 Å². The molecule has 2 unspecified atom stereocenters. The van der Waals surface area contributed by atoms with Gasteiger partial charge in [-0.25, -0.2) is 4.98 Å². The van der Waals surface area contributed by atoms with E-state index in [0.717, 1.165) is 0 Å². The van der Waals surface area contributed by atoms with Gasteiger partial charge in [-0.3, -0.25) is 14.4 Å². The van der Waals surface area contributed by atoms with Gasteiger partial charge in [0.05, 0.1) is 18.8 Å². The third kappa shape index (κ3) is 7.25. The van der Waals surface area contributed by atoms with Gasteiger partial charge in [-0.2, -0.15) is 0 Å². The Morgan fingerprint density at radius 1 is 1.18 bits per heavy atom. The number of hydrogen-bond acceptors (Lipinski definition) is 7. The summed E-state index contributed by atoms with van der Waals surface area (Å²) >= 11 is 0. The van der Waals surface area contributed by atoms with Crippen LogP contribution in [0.15, 0.2) is 12.5 Å². The number of nitrogens with two attached hydrogens (primary N) is 3. The third-order valence-corrected chi connectivity index (χ3v) is 4.13. The van der Waals surface area contributed by atoms with E-state index in [2.05, 4.69) is 20.6 Å². The van der Waals surface area contributed by atoms with E-state index < -0.39 is 53.4 Å². The number of rotatable bonds is 10. The molecule has 28 heavy (non-hydrogen) atoms. The molecule has 0 aromatic carbocycles. The third-order valence-electron chi connectivity index (χ3n) is 4.13. The van der Waals surface area contributed by atoms with Crippen molar-refractivity contribution in [1.29, 1.82) is 0 Å². The van der Waals surface area contributed by atoms with Crippen molar-refractivity contribution in [3.05, 3.63) is 18.2 Å². The first-order chi connectivity index (χ1) is 12.7. The molecular weight excluding hydrogens is 366 g/mol. The van der Waals surface area contributed by atoms with Crippen molar-refractivity contribution in [3.8, 4) is 0 Å². The fourth-order valence-electron chi connectivity index (χ4n) is 2.94. The predicted molar refractivity (Wildman–Crippen MR) is 103 cm³/mol. The number of carboxylic acids is 1. The summed E-state index contributed by atoms with van der Waals surface area (Å²) < 4.78 is 0. The number of aliphatic carboxylic acids is 1. The fourth-order valence-corrected chi connectivity index (χ4v) is 2.94. The number of carboxylic acid groups (broad SMARTS) is 1. The molecule has 0 aliphatic rings. The molecule has 2 atom stereocenters. The smallest absolute Gasteiger partial charge is 0.321 e. The zero-order chi connectivity index (χ0) is 21.7. The van der Waals surface area contributed by atoms with E-state index in [1.807, 2.05) is 0 Å². The van der Waals surface area contributed by atoms with Gasteiger partial charge in [-0.05, 0) is 27.7 Å². The number of amides is 2. The Morgan fingerprint density at radius 2 is 1.75 bits per heavy atom. The number of aromatic nitrogens is 2. The molecule has 0 radical (unpaired) electrons. The summed E-state index contributed by atoms with van der Waals surface area (Å²) in [6, 6.07) is -2.97. The molecule has 0 saturated carbocycles. The van der Waals surface area contributed by atoms with Crippen LogP contribution in [0.3, 0.4) is 0 Å². The van der Waals surface area contributed by atoms with Crippen molar-refractivity contribution >= 4 is 17.8 Å². The molecule has 1 aromatic rings. The lowest BCUT2D eigenvalue weighted by Crippen LogP contribution is -2.68. The summed E-state index contributed by atoms with van der Waals surface area (Å²) in [4.78, 5) is 42.7. The Hall–Kier alpha value is -2.50. The Kier molecular flexibility index (Phi) is 7.67. The van der Waals surface area contributed by atoms with E-state index in [1.54, 1.807) is 27.7 Å². The normalized spacial score (nSPS) is 14.4. The maximum atomic E-state index is 12.9. The van der Waals surface area contributed by atoms with E-state index in [0.29, 0.717) is 5.69 Å². The zero-order valence-corrected chi connectivity index (χ0v) is 16.7. The highest BCUT2D eigenvalue weighted by atomic mass is 16.4. The number of carbonyl (C=O) groups excluding carboxylic acids is 2. The van der Waals surface area contributed by atoms with Crippen LogP contribution in [-0.4, -0.2) is 62.1 Å². The van der Waals surface area contributed by atoms with Gasteiger partial charge >= 0.3 is 5.97 Å². The van der Waals surface area contributed by atoms with Gasteiger partial charge in [0.1, 0.15) is 12.1 Å². The minimum atomic E-state index is -1.37. The van der Waals surface area contributed by atoms with Crippen molar-refractivity contribution < 1.29 is 19.5 Å². The number of nitrogens with one attached hydrogen (secondary N) is 3. The van der Waals surface area contributed by atoms with Gasteiger partial charge in [0, 0.05) is 29.4 Å². The van der Waals surface area contributed by atoms with E-state index in [-0.39, 0.29) is 6.42 Å². The van der Waals surface area contributed by atoms with Crippen molar-refractivity contribution in [1.82, 2.24) is 20.6 Å². The van der Waals surface area contributed by atoms with Crippen LogP contribution >= 0.6 is 0 Å². The van der Waals surface area contributed by atoms with Gasteiger partial charge in [-0.1, -0.05) is 0 Å². The number of imidazole rings is 1. The second kappa shape index (κ2) is 9.13. The van der Waals surface area contributed by atoms with E-state index >= 15 is 0 Å². The lowest BCUT2D eigenvalue weighted by Gasteiger charge is -2.41. The van der Waals surface area contributed by atoms with Crippen LogP contribution in [0.2, 0.25) is 0 Å². The number of nitrogens with zero attached hydrogens (tertiary/aromatic N) is 1. The molecule has 0 aliphatic heterocycles. The summed E-state index contributed by atoms with van der Waals surface area (Å²) in [5.41, 5.74) is 16.7. The number of H-pyrrole nitrogens is 1. The van der Waals surface area contributed by atoms with Gasteiger partial charge in [0.15, 0.2) is 0 Å². The molecule has 10 N–H and O–H groups in total. The quantitative estimate of drug-likeness (QED) is 0.239. The predicted octanol–water partition coefficient (Wildman–Crippen LogP) is -1.80. The Balaban J connectivity index is 2.98. The van der Waals surface area contributed by atoms with Crippen LogP contribution in [0, 0.1) is 0 Å². The van der Waals surface area contributed by atoms with Crippen molar-refractivity contribution in [2.75, 3.05) is 0 Å². The highest BCUT2D eigenvalue weighted by molar-refractivity contribution is 5.90. The second-order valence-electron chi connectivity index (χ2n) is 8.13. The monoisotopic (exact) mass is 397 g/mol. The first kappa shape index (κ1) is 23.5. The maximum absolute atomic E-state index is 12.9. The van der Waals surface area contributed by atoms with Crippen LogP contribution in [0.4, 0.5) is 0 Å². The largest absolute Gasteiger partial charge is 0.480 e. The summed E-state index contributed by atoms with van der Waals surface area (Å²) in [6.45, 7) is 6.95. The van der Waals surface area contributed by atoms with Crippen molar-refractivity contribution in [3.63, 3.8) is 0 Å². The van der Waals surface area contributed by atoms with Crippen molar-refractivity contribution in [2.45, 2.75) is 69.7 Å². The molecule has 0 fully saturated rings. The Morgan fingerprint density at radius 3 is 2.18 bits per heavy atom. The molecule has 11 nitrogen and oxygen atoms in total. The number of carbonyl (C=O) groups is 3. The highest BCUT2D eigenvalue weighted by Gasteiger charge is 2.38. The Bertz CT molecular complexity index is 663. The molecule has 1 heterocycles. The molecule has 0 spiro atoms. The van der Waals surface area contributed by atoms with Crippen LogP contribution < -0.4 is 27.8 Å². The topological polar surface area (TPSA) is 202 Å². The van der Waals surface area contributed by atoms with E-state index in [1.165, 1.54) is 12.5 Å². The number of hydrogen-bond donors (Lipinski definition) is 7. The number of aromatic amines is 1.